The van der Waals surface area contributed by atoms with Crippen molar-refractivity contribution in [2.45, 2.75) is 0 Å². The monoisotopic (exact) mass is 146 g/mol. The van der Waals surface area contributed by atoms with Gasteiger partial charge in [0.2, 0.25) is 0 Å². The molecule has 1 N–H and O–H groups in total. The number of carbonyl (C=O) groups is 1. The molecule has 0 saturated carbocycles. The molecule has 0 aliphatic heterocycles. The molecule has 4 nitrogen and oxygen atoms in total. The summed E-state index contributed by atoms with van der Waals surface area (Å²) in [5.74, 6) is 0. The van der Waals surface area contributed by atoms with Crippen LogP contribution in [-0.4, -0.2) is 14.9 Å². The molecule has 1 aromatic rings. The van der Waals surface area contributed by atoms with E-state index in [-0.39, 0.29) is 0 Å². The van der Waals surface area contributed by atoms with E-state index < -0.39 is 11.1 Å². The van der Waals surface area contributed by atoms with Gasteiger partial charge in [-0.15, -0.1) is 0 Å². The summed E-state index contributed by atoms with van der Waals surface area (Å²) in [5.41, 5.74) is -0.519. The molecule has 1 heterocycles. The van der Waals surface area contributed by atoms with Crippen LogP contribution in [0.5, 0.6) is 0 Å². The molecule has 0 aliphatic rings. The van der Waals surface area contributed by atoms with Crippen LogP contribution in [0.1, 0.15) is 0 Å². The van der Waals surface area contributed by atoms with Crippen LogP contribution in [0, 0.1) is 0 Å². The summed E-state index contributed by atoms with van der Waals surface area (Å²) in [5, 5.41) is -0.804. The van der Waals surface area contributed by atoms with Gasteiger partial charge in [-0.25, -0.2) is 9.36 Å². The zero-order valence-electron chi connectivity index (χ0n) is 4.30. The zero-order valence-corrected chi connectivity index (χ0v) is 5.05. The SMILES string of the molecule is O=C(Cl)n1cc[nH]c1=O. The number of halogens is 1. The summed E-state index contributed by atoms with van der Waals surface area (Å²) in [7, 11) is 0. The first kappa shape index (κ1) is 6.10. The molecule has 0 bridgehead atoms. The lowest BCUT2D eigenvalue weighted by Gasteiger charge is -1.83. The third-order valence-corrected chi connectivity index (χ3v) is 1.02. The molecule has 1 aromatic heterocycles. The van der Waals surface area contributed by atoms with Crippen LogP contribution < -0.4 is 5.69 Å². The van der Waals surface area contributed by atoms with Crippen molar-refractivity contribution in [3.8, 4) is 0 Å². The number of aromatic amines is 1. The van der Waals surface area contributed by atoms with Gasteiger partial charge in [-0.05, 0) is 11.6 Å². The standard InChI is InChI=1S/C4H3ClN2O2/c5-3(8)7-2-1-6-4(7)9/h1-2H,(H,6,9). The molecule has 0 radical (unpaired) electrons. The van der Waals surface area contributed by atoms with Gasteiger partial charge in [-0.2, -0.15) is 0 Å². The lowest BCUT2D eigenvalue weighted by molar-refractivity contribution is 0.260. The molecule has 0 fully saturated rings. The highest BCUT2D eigenvalue weighted by Gasteiger charge is 2.00. The summed E-state index contributed by atoms with van der Waals surface area (Å²) in [4.78, 5) is 23.0. The highest BCUT2D eigenvalue weighted by molar-refractivity contribution is 6.63. The first-order valence-electron chi connectivity index (χ1n) is 2.17. The number of H-pyrrole nitrogens is 1. The average Bonchev–Trinajstić information content (AvgIpc) is 2.13. The number of carbonyl (C=O) groups excluding carboxylic acids is 1. The maximum absolute atomic E-state index is 10.5. The summed E-state index contributed by atoms with van der Waals surface area (Å²) in [6.45, 7) is 0. The van der Waals surface area contributed by atoms with E-state index in [0.29, 0.717) is 0 Å². The number of hydrogen-bond acceptors (Lipinski definition) is 2. The van der Waals surface area contributed by atoms with Crippen LogP contribution in [0.25, 0.3) is 0 Å². The van der Waals surface area contributed by atoms with Gasteiger partial charge in [-0.1, -0.05) is 0 Å². The molecule has 48 valence electrons. The van der Waals surface area contributed by atoms with E-state index in [9.17, 15) is 9.59 Å². The molecule has 0 aromatic carbocycles. The van der Waals surface area contributed by atoms with Crippen LogP contribution in [0.2, 0.25) is 0 Å². The Balaban J connectivity index is 3.24. The molecule has 5 heteroatoms. The van der Waals surface area contributed by atoms with E-state index in [4.69, 9.17) is 11.6 Å². The number of imidazole rings is 1. The van der Waals surface area contributed by atoms with E-state index >= 15 is 0 Å². The maximum atomic E-state index is 10.5. The predicted octanol–water partition coefficient (Wildman–Crippen LogP) is 0.383. The van der Waals surface area contributed by atoms with E-state index in [1.807, 2.05) is 0 Å². The Morgan fingerprint density at radius 1 is 1.78 bits per heavy atom. The van der Waals surface area contributed by atoms with E-state index in [1.54, 1.807) is 0 Å². The largest absolute Gasteiger partial charge is 0.333 e. The minimum atomic E-state index is -0.804. The molecule has 0 spiro atoms. The van der Waals surface area contributed by atoms with Crippen molar-refractivity contribution in [1.82, 2.24) is 9.55 Å². The highest BCUT2D eigenvalue weighted by atomic mass is 35.5. The Labute approximate surface area is 55.1 Å². The second-order valence-electron chi connectivity index (χ2n) is 1.39. The van der Waals surface area contributed by atoms with Crippen LogP contribution in [0.3, 0.4) is 0 Å². The molecule has 1 rings (SSSR count). The summed E-state index contributed by atoms with van der Waals surface area (Å²) < 4.78 is 0.765. The molecule has 0 unspecified atom stereocenters. The van der Waals surface area contributed by atoms with Gasteiger partial charge in [-0.3, -0.25) is 4.79 Å². The van der Waals surface area contributed by atoms with Gasteiger partial charge in [0.1, 0.15) is 0 Å². The van der Waals surface area contributed by atoms with Crippen molar-refractivity contribution in [1.29, 1.82) is 0 Å². The van der Waals surface area contributed by atoms with Crippen molar-refractivity contribution in [3.05, 3.63) is 22.9 Å². The lowest BCUT2D eigenvalue weighted by atomic mass is 10.9. The predicted molar refractivity (Wildman–Crippen MR) is 31.7 cm³/mol. The van der Waals surface area contributed by atoms with Gasteiger partial charge < -0.3 is 4.98 Å². The van der Waals surface area contributed by atoms with Crippen molar-refractivity contribution in [3.63, 3.8) is 0 Å². The van der Waals surface area contributed by atoms with Gasteiger partial charge in [0.05, 0.1) is 0 Å². The van der Waals surface area contributed by atoms with Crippen LogP contribution in [0.15, 0.2) is 17.2 Å². The topological polar surface area (TPSA) is 54.9 Å². The Kier molecular flexibility index (Phi) is 1.40. The van der Waals surface area contributed by atoms with E-state index in [1.165, 1.54) is 12.4 Å². The fourth-order valence-electron chi connectivity index (χ4n) is 0.459. The Bertz CT molecular complexity index is 274. The van der Waals surface area contributed by atoms with Crippen molar-refractivity contribution in [2.24, 2.45) is 0 Å². The summed E-state index contributed by atoms with van der Waals surface area (Å²) in [6.07, 6.45) is 2.60. The molecule has 0 saturated heterocycles. The first-order valence-corrected chi connectivity index (χ1v) is 2.55. The molecular weight excluding hydrogens is 144 g/mol. The van der Waals surface area contributed by atoms with E-state index in [0.717, 1.165) is 4.57 Å². The minimum Gasteiger partial charge on any atom is -0.312 e. The van der Waals surface area contributed by atoms with Gasteiger partial charge in [0.15, 0.2) is 0 Å². The van der Waals surface area contributed by atoms with Gasteiger partial charge >= 0.3 is 11.1 Å². The van der Waals surface area contributed by atoms with Gasteiger partial charge in [0, 0.05) is 12.4 Å². The third-order valence-electron chi connectivity index (χ3n) is 0.839. The Hall–Kier alpha value is -1.03. The lowest BCUT2D eigenvalue weighted by Crippen LogP contribution is -2.18. The fourth-order valence-corrected chi connectivity index (χ4v) is 0.592. The zero-order chi connectivity index (χ0) is 6.85. The summed E-state index contributed by atoms with van der Waals surface area (Å²) >= 11 is 4.95. The first-order chi connectivity index (χ1) is 4.22. The quantitative estimate of drug-likeness (QED) is 0.538. The number of nitrogens with zero attached hydrogens (tertiary/aromatic N) is 1. The third kappa shape index (κ3) is 1.02. The van der Waals surface area contributed by atoms with Crippen LogP contribution >= 0.6 is 11.6 Å². The van der Waals surface area contributed by atoms with Gasteiger partial charge in [0.25, 0.3) is 0 Å². The van der Waals surface area contributed by atoms with Crippen molar-refractivity contribution in [2.75, 3.05) is 0 Å². The second kappa shape index (κ2) is 2.06. The van der Waals surface area contributed by atoms with E-state index in [2.05, 4.69) is 4.98 Å². The fraction of sp³-hybridized carbons (Fsp3) is 0. The second-order valence-corrected chi connectivity index (χ2v) is 1.71. The normalized spacial score (nSPS) is 9.44. The molecular formula is C4H3ClN2O2. The maximum Gasteiger partial charge on any atom is 0.333 e. The molecule has 0 amide bonds. The molecule has 0 aliphatic carbocycles. The van der Waals surface area contributed by atoms with Crippen LogP contribution in [0.4, 0.5) is 4.79 Å². The Morgan fingerprint density at radius 2 is 2.44 bits per heavy atom. The van der Waals surface area contributed by atoms with Crippen molar-refractivity contribution < 1.29 is 4.79 Å². The van der Waals surface area contributed by atoms with Crippen LogP contribution in [-0.2, 0) is 0 Å². The highest BCUT2D eigenvalue weighted by Crippen LogP contribution is 1.84. The number of nitrogens with one attached hydrogen (secondary N) is 1. The Morgan fingerprint density at radius 3 is 2.67 bits per heavy atom. The smallest absolute Gasteiger partial charge is 0.312 e. The number of hydrogen-bond donors (Lipinski definition) is 1. The average molecular weight is 147 g/mol. The number of aromatic nitrogens is 2. The molecule has 9 heavy (non-hydrogen) atoms. The minimum absolute atomic E-state index is 0.519. The molecule has 0 atom stereocenters. The number of rotatable bonds is 0. The summed E-state index contributed by atoms with van der Waals surface area (Å²) in [6, 6.07) is 0. The van der Waals surface area contributed by atoms with Crippen molar-refractivity contribution >= 4 is 17.0 Å².